The minimum Gasteiger partial charge on any atom is -0.480 e. The van der Waals surface area contributed by atoms with E-state index in [4.69, 9.17) is 19.4 Å². The first kappa shape index (κ1) is 58.8. The zero-order valence-corrected chi connectivity index (χ0v) is 43.9. The van der Waals surface area contributed by atoms with E-state index in [0.717, 1.165) is 102 Å². The number of ether oxygens (including phenoxy) is 2. The highest BCUT2D eigenvalue weighted by Gasteiger charge is 2.34. The minimum absolute atomic E-state index is 0. The van der Waals surface area contributed by atoms with Crippen LogP contribution in [0.2, 0.25) is 0 Å². The number of nitrogens with one attached hydrogen (secondary N) is 1. The van der Waals surface area contributed by atoms with Crippen LogP contribution in [0.4, 0.5) is 21.0 Å². The third-order valence-corrected chi connectivity index (χ3v) is 14.7. The molecule has 0 bridgehead atoms. The van der Waals surface area contributed by atoms with E-state index in [1.807, 2.05) is 76.8 Å². The number of likely N-dealkylation sites (tertiary alicyclic amines) is 1. The Morgan fingerprint density at radius 3 is 1.60 bits per heavy atom. The van der Waals surface area contributed by atoms with Crippen molar-refractivity contribution < 1.29 is 43.3 Å². The summed E-state index contributed by atoms with van der Waals surface area (Å²) < 4.78 is 17.4. The Labute approximate surface area is 450 Å². The number of nitrogens with zero attached hydrogens (tertiary/aromatic N) is 11. The van der Waals surface area contributed by atoms with E-state index in [9.17, 15) is 33.9 Å². The average molecular weight is 1060 g/mol. The molecule has 10 rings (SSSR count). The number of hydrogen-bond donors (Lipinski definition) is 2. The number of amides is 3. The smallest absolute Gasteiger partial charge is 0.414 e. The summed E-state index contributed by atoms with van der Waals surface area (Å²) in [6.45, 7) is 12.0. The first-order chi connectivity index (χ1) is 36.1. The van der Waals surface area contributed by atoms with Crippen LogP contribution in [-0.2, 0) is 80.5 Å². The van der Waals surface area contributed by atoms with Crippen molar-refractivity contribution in [2.24, 2.45) is 11.8 Å². The lowest BCUT2D eigenvalue weighted by atomic mass is 9.96. The molecule has 2 N–H and O–H groups in total. The minimum atomic E-state index is -0.924. The maximum absolute atomic E-state index is 13.4. The van der Waals surface area contributed by atoms with E-state index in [2.05, 4.69) is 15.5 Å². The van der Waals surface area contributed by atoms with E-state index < -0.39 is 12.1 Å². The fourth-order valence-electron chi connectivity index (χ4n) is 11.0. The van der Waals surface area contributed by atoms with Crippen LogP contribution in [0.5, 0.6) is 0 Å². The van der Waals surface area contributed by atoms with Gasteiger partial charge in [-0.15, -0.1) is 0 Å². The standard InChI is InChI=1S/C27H34N6O4.C20H23N5O4.C7H13NO.2CH4/c1-18-5-6-21-22(33(18)27(36)37-3)7-8-23-26(21)29-24(10-14-31-12-4-11-28-31)32(23)17-25(35)30-13-9-20(16-30)15-19(2)34;1-13-4-5-14-15(25(13)20(28)29-2)6-7-16-19(14)22-17(24(16)12-18(26)27)8-11-23-10-3-9-21-23;1-6(9)4-7-2-3-8-5-7;;/h4,7-8,11-12,18,20H,5-6,9-10,13-17H2,1-3H3;3,6-7,9-10,13H,4-5,8,11-12H2,1-2H3,(H,26,27);7-8H,2-5H2,1H3;2*1H4/t18-,20+;13-;7-;;/m001../s1. The number of carboxylic acid groups (broad SMARTS) is 1. The highest BCUT2D eigenvalue weighted by molar-refractivity contribution is 5.97. The molecule has 21 nitrogen and oxygen atoms in total. The topological polar surface area (TPSA) is 234 Å². The molecule has 2 fully saturated rings. The van der Waals surface area contributed by atoms with E-state index in [1.165, 1.54) is 20.6 Å². The Kier molecular flexibility index (Phi) is 20.3. The SMILES string of the molecule is C.C.CC(=O)C[C@H]1CCNC1.COC(=O)N1c2ccc3c(nc(CCn4cccn4)n3CC(=O)N3CC[C@H](CC(C)=O)C3)c2CC[C@@H]1C.COC(=O)N1c2ccc3c(nc(CCn4cccn4)n3CC(=O)O)c2CC[C@@H]1C. The van der Waals surface area contributed by atoms with Crippen LogP contribution in [0.1, 0.15) is 104 Å². The molecule has 6 aromatic rings. The average Bonchev–Trinajstić information content (AvgIpc) is 4.29. The number of carboxylic acids is 1. The number of Topliss-reactive ketones (excluding diaryl/α,β-unsaturated/α-hetero) is 2. The van der Waals surface area contributed by atoms with E-state index >= 15 is 0 Å². The predicted octanol–water partition coefficient (Wildman–Crippen LogP) is 7.53. The van der Waals surface area contributed by atoms with Crippen molar-refractivity contribution in [2.75, 3.05) is 50.2 Å². The van der Waals surface area contributed by atoms with E-state index in [0.29, 0.717) is 63.0 Å². The fraction of sp³-hybridized carbons (Fsp3) is 0.536. The molecule has 2 aromatic carbocycles. The Morgan fingerprint density at radius 2 is 1.17 bits per heavy atom. The summed E-state index contributed by atoms with van der Waals surface area (Å²) in [5.41, 5.74) is 6.80. The van der Waals surface area contributed by atoms with Crippen LogP contribution in [0.3, 0.4) is 0 Å². The van der Waals surface area contributed by atoms with Crippen molar-refractivity contribution >= 4 is 69.1 Å². The van der Waals surface area contributed by atoms with Crippen molar-refractivity contribution in [2.45, 2.75) is 145 Å². The zero-order chi connectivity index (χ0) is 53.3. The second kappa shape index (κ2) is 26.6. The number of carbonyl (C=O) groups is 6. The lowest BCUT2D eigenvalue weighted by Gasteiger charge is -2.34. The van der Waals surface area contributed by atoms with Gasteiger partial charge in [0.1, 0.15) is 36.3 Å². The normalized spacial score (nSPS) is 18.4. The largest absolute Gasteiger partial charge is 0.480 e. The van der Waals surface area contributed by atoms with Crippen LogP contribution in [0, 0.1) is 11.8 Å². The molecule has 0 radical (unpaired) electrons. The van der Waals surface area contributed by atoms with Gasteiger partial charge in [-0.3, -0.25) is 28.8 Å². The van der Waals surface area contributed by atoms with Crippen LogP contribution in [0.25, 0.3) is 22.1 Å². The molecule has 0 unspecified atom stereocenters. The van der Waals surface area contributed by atoms with Crippen LogP contribution < -0.4 is 15.1 Å². The second-order valence-electron chi connectivity index (χ2n) is 20.1. The summed E-state index contributed by atoms with van der Waals surface area (Å²) in [5, 5.41) is 21.1. The molecule has 0 spiro atoms. The van der Waals surface area contributed by atoms with E-state index in [1.54, 1.807) is 45.3 Å². The Balaban J connectivity index is 0.000000214. The number of aromatic nitrogens is 8. The van der Waals surface area contributed by atoms with Crippen molar-refractivity contribution in [3.05, 3.63) is 84.0 Å². The number of carbonyl (C=O) groups excluding carboxylic acids is 5. The first-order valence-corrected chi connectivity index (χ1v) is 26.0. The molecule has 4 aliphatic heterocycles. The number of anilines is 2. The number of hydrogen-bond acceptors (Lipinski definition) is 13. The highest BCUT2D eigenvalue weighted by atomic mass is 16.5. The van der Waals surface area contributed by atoms with Gasteiger partial charge in [0.2, 0.25) is 5.91 Å². The first-order valence-electron chi connectivity index (χ1n) is 26.0. The summed E-state index contributed by atoms with van der Waals surface area (Å²) in [5.74, 6) is 1.97. The second-order valence-corrected chi connectivity index (χ2v) is 20.1. The van der Waals surface area contributed by atoms with Crippen molar-refractivity contribution in [3.8, 4) is 0 Å². The molecule has 0 saturated carbocycles. The monoisotopic (exact) mass is 1060 g/mol. The lowest BCUT2D eigenvalue weighted by molar-refractivity contribution is -0.137. The Morgan fingerprint density at radius 1 is 0.675 bits per heavy atom. The van der Waals surface area contributed by atoms with Crippen molar-refractivity contribution in [1.29, 1.82) is 0 Å². The van der Waals surface area contributed by atoms with Gasteiger partial charge in [-0.25, -0.2) is 19.6 Å². The number of methoxy groups -OCH3 is 2. The van der Waals surface area contributed by atoms with Gasteiger partial charge in [-0.1, -0.05) is 14.9 Å². The van der Waals surface area contributed by atoms with Gasteiger partial charge in [0.05, 0.1) is 47.7 Å². The van der Waals surface area contributed by atoms with Gasteiger partial charge in [0.25, 0.3) is 0 Å². The van der Waals surface area contributed by atoms with Crippen molar-refractivity contribution in [1.82, 2.24) is 48.9 Å². The quantitative estimate of drug-likeness (QED) is 0.107. The van der Waals surface area contributed by atoms with Gasteiger partial charge in [-0.2, -0.15) is 10.2 Å². The maximum Gasteiger partial charge on any atom is 0.414 e. The molecule has 21 heteroatoms. The van der Waals surface area contributed by atoms with Crippen molar-refractivity contribution in [3.63, 3.8) is 0 Å². The van der Waals surface area contributed by atoms with E-state index in [-0.39, 0.29) is 63.7 Å². The number of benzene rings is 2. The summed E-state index contributed by atoms with van der Waals surface area (Å²) in [7, 11) is 2.77. The number of aliphatic carboxylic acids is 1. The number of aryl methyl sites for hydroxylation is 6. The van der Waals surface area contributed by atoms with Gasteiger partial charge in [0, 0.05) is 99.9 Å². The van der Waals surface area contributed by atoms with Gasteiger partial charge in [-0.05, 0) is 128 Å². The lowest BCUT2D eigenvalue weighted by Crippen LogP contribution is -2.42. The zero-order valence-electron chi connectivity index (χ0n) is 43.9. The number of fused-ring (bicyclic) bond motifs is 6. The Bertz CT molecular complexity index is 2990. The maximum atomic E-state index is 13.4. The van der Waals surface area contributed by atoms with Crippen LogP contribution in [0.15, 0.2) is 61.2 Å². The summed E-state index contributed by atoms with van der Waals surface area (Å²) >= 11 is 0. The summed E-state index contributed by atoms with van der Waals surface area (Å²) in [6, 6.07) is 11.4. The summed E-state index contributed by atoms with van der Waals surface area (Å²) in [4.78, 5) is 86.9. The predicted molar refractivity (Wildman–Crippen MR) is 294 cm³/mol. The number of ketones is 2. The molecule has 0 aliphatic carbocycles. The van der Waals surface area contributed by atoms with Crippen LogP contribution in [-0.4, -0.2) is 137 Å². The fourth-order valence-corrected chi connectivity index (χ4v) is 11.0. The molecule has 77 heavy (non-hydrogen) atoms. The molecule has 4 aromatic heterocycles. The molecule has 8 heterocycles. The molecule has 416 valence electrons. The van der Waals surface area contributed by atoms with Gasteiger partial charge >= 0.3 is 18.2 Å². The number of rotatable bonds is 14. The third kappa shape index (κ3) is 13.8. The van der Waals surface area contributed by atoms with Crippen LogP contribution >= 0.6 is 0 Å². The molecular formula is C56H78N12O9. The van der Waals surface area contributed by atoms with Gasteiger partial charge < -0.3 is 43.5 Å². The Hall–Kier alpha value is -7.42. The molecule has 4 atom stereocenters. The molecule has 4 aliphatic rings. The summed E-state index contributed by atoms with van der Waals surface area (Å²) in [6.07, 6.45) is 14.1. The highest BCUT2D eigenvalue weighted by Crippen LogP contribution is 2.38. The third-order valence-electron chi connectivity index (χ3n) is 14.7. The molecule has 2 saturated heterocycles. The number of imidazole rings is 2. The van der Waals surface area contributed by atoms with Gasteiger partial charge in [0.15, 0.2) is 0 Å². The molecule has 3 amide bonds. The molecular weight excluding hydrogens is 985 g/mol.